The molecule has 0 bridgehead atoms. The number of rotatable bonds is 2. The molecule has 0 atom stereocenters. The van der Waals surface area contributed by atoms with Gasteiger partial charge in [-0.25, -0.2) is 0 Å². The molecule has 1 radical (unpaired) electrons. The summed E-state index contributed by atoms with van der Waals surface area (Å²) in [5.74, 6) is 0.658. The summed E-state index contributed by atoms with van der Waals surface area (Å²) in [7, 11) is 0.590. The fourth-order valence-electron chi connectivity index (χ4n) is 0.586. The number of hydrogen-bond donors (Lipinski definition) is 2. The summed E-state index contributed by atoms with van der Waals surface area (Å²) in [6.45, 7) is 0. The van der Waals surface area contributed by atoms with Gasteiger partial charge in [-0.3, -0.25) is 0 Å². The Bertz CT molecular complexity index is 206. The third-order valence-corrected chi connectivity index (χ3v) is 1.03. The molecule has 3 nitrogen and oxygen atoms in total. The van der Waals surface area contributed by atoms with Crippen LogP contribution in [0.4, 0.5) is 0 Å². The van der Waals surface area contributed by atoms with Crippen LogP contribution in [-0.2, 0) is 0 Å². The molecule has 5 heteroatoms. The molecule has 1 aromatic carbocycles. The monoisotopic (exact) mass is 145 g/mol. The minimum Gasteiger partial charge on any atom is -1.00 e. The second-order valence-electron chi connectivity index (χ2n) is 1.72. The predicted molar refractivity (Wildman–Crippen MR) is 37.8 cm³/mol. The Morgan fingerprint density at radius 2 is 1.82 bits per heavy atom. The first-order valence-electron chi connectivity index (χ1n) is 2.74. The Hall–Kier alpha value is -0.558. The first-order chi connectivity index (χ1) is 4.83. The number of benzene rings is 1. The minimum absolute atomic E-state index is 0. The first-order valence-corrected chi connectivity index (χ1v) is 2.74. The summed E-state index contributed by atoms with van der Waals surface area (Å²) in [6.07, 6.45) is 0. The quantitative estimate of drug-likeness (QED) is 0.449. The van der Waals surface area contributed by atoms with Gasteiger partial charge in [0.15, 0.2) is 0 Å². The first kappa shape index (κ1) is 10.4. The van der Waals surface area contributed by atoms with Crippen LogP contribution in [0.25, 0.3) is 0 Å². The number of hydrogen-bond acceptors (Lipinski definition) is 3. The number of aromatic hydroxyl groups is 1. The normalized spacial score (nSPS) is 8.09. The van der Waals surface area contributed by atoms with Gasteiger partial charge in [-0.2, -0.15) is 0 Å². The van der Waals surface area contributed by atoms with Crippen molar-refractivity contribution in [3.8, 4) is 11.5 Å². The van der Waals surface area contributed by atoms with Crippen LogP contribution in [0.15, 0.2) is 24.3 Å². The van der Waals surface area contributed by atoms with E-state index in [2.05, 4.69) is 4.65 Å². The maximum absolute atomic E-state index is 8.80. The van der Waals surface area contributed by atoms with Crippen molar-refractivity contribution in [2.24, 2.45) is 0 Å². The van der Waals surface area contributed by atoms with Crippen LogP contribution in [0.2, 0.25) is 0 Å². The van der Waals surface area contributed by atoms with Gasteiger partial charge in [-0.15, -0.1) is 0 Å². The molecule has 53 valence electrons. The van der Waals surface area contributed by atoms with Crippen LogP contribution in [-0.4, -0.2) is 17.8 Å². The van der Waals surface area contributed by atoms with Gasteiger partial charge >= 0.3 is 26.5 Å². The Morgan fingerprint density at radius 1 is 1.27 bits per heavy atom. The molecule has 0 saturated heterocycles. The second kappa shape index (κ2) is 5.14. The van der Waals surface area contributed by atoms with E-state index in [1.165, 1.54) is 12.1 Å². The van der Waals surface area contributed by atoms with Crippen molar-refractivity contribution in [2.75, 3.05) is 0 Å². The maximum atomic E-state index is 8.80. The van der Waals surface area contributed by atoms with Gasteiger partial charge in [0.2, 0.25) is 0 Å². The fraction of sp³-hybridized carbons (Fsp3) is 0. The topological polar surface area (TPSA) is 49.7 Å². The molecule has 11 heavy (non-hydrogen) atoms. The van der Waals surface area contributed by atoms with Gasteiger partial charge in [0.25, 0.3) is 0 Å². The van der Waals surface area contributed by atoms with Crippen LogP contribution >= 0.6 is 0 Å². The second-order valence-corrected chi connectivity index (χ2v) is 1.72. The van der Waals surface area contributed by atoms with E-state index in [1.807, 2.05) is 0 Å². The van der Waals surface area contributed by atoms with Crippen molar-refractivity contribution >= 4 is 7.69 Å². The molecule has 0 fully saturated rings. The van der Waals surface area contributed by atoms with Gasteiger partial charge in [0, 0.05) is 0 Å². The number of phenolic OH excluding ortho intramolecular Hbond substituents is 1. The SMILES string of the molecule is O[B]Oc1ccc(O)cc1.[H-].[Li+]. The van der Waals surface area contributed by atoms with Crippen LogP contribution in [0.1, 0.15) is 1.43 Å². The molecule has 0 aromatic heterocycles. The summed E-state index contributed by atoms with van der Waals surface area (Å²) in [5.41, 5.74) is 0. The van der Waals surface area contributed by atoms with Crippen molar-refractivity contribution in [1.82, 2.24) is 0 Å². The van der Waals surface area contributed by atoms with E-state index in [-0.39, 0.29) is 26.0 Å². The van der Waals surface area contributed by atoms with Gasteiger partial charge in [-0.05, 0) is 24.3 Å². The van der Waals surface area contributed by atoms with Crippen LogP contribution in [0, 0.1) is 0 Å². The molecule has 1 aromatic rings. The Labute approximate surface area is 79.0 Å². The fourth-order valence-corrected chi connectivity index (χ4v) is 0.586. The Balaban J connectivity index is 0. The molecule has 0 aliphatic heterocycles. The third kappa shape index (κ3) is 3.38. The summed E-state index contributed by atoms with van der Waals surface area (Å²) >= 11 is 0. The van der Waals surface area contributed by atoms with Gasteiger partial charge in [0.1, 0.15) is 11.5 Å². The Kier molecular flexibility index (Phi) is 4.88. The average molecular weight is 145 g/mol. The zero-order valence-electron chi connectivity index (χ0n) is 7.19. The van der Waals surface area contributed by atoms with E-state index in [9.17, 15) is 0 Å². The van der Waals surface area contributed by atoms with E-state index < -0.39 is 0 Å². The zero-order chi connectivity index (χ0) is 7.40. The van der Waals surface area contributed by atoms with Crippen molar-refractivity contribution in [1.29, 1.82) is 0 Å². The smallest absolute Gasteiger partial charge is 1.00 e. The molecule has 0 unspecified atom stereocenters. The molecule has 0 saturated carbocycles. The standard InChI is InChI=1S/C6H6BO3.Li.H/c8-5-1-3-6(4-2-5)10-7-9;;/h1-4,8-9H;;/q;+1;-1. The van der Waals surface area contributed by atoms with E-state index in [0.717, 1.165) is 0 Å². The van der Waals surface area contributed by atoms with E-state index in [0.29, 0.717) is 13.4 Å². The average Bonchev–Trinajstić information content (AvgIpc) is 1.95. The van der Waals surface area contributed by atoms with Gasteiger partial charge in [0.05, 0.1) is 0 Å². The third-order valence-electron chi connectivity index (χ3n) is 1.03. The molecule has 1 rings (SSSR count). The maximum Gasteiger partial charge on any atom is 1.00 e. The van der Waals surface area contributed by atoms with E-state index >= 15 is 0 Å². The molecular weight excluding hydrogens is 138 g/mol. The van der Waals surface area contributed by atoms with Crippen molar-refractivity contribution in [3.05, 3.63) is 24.3 Å². The van der Waals surface area contributed by atoms with Crippen molar-refractivity contribution in [2.45, 2.75) is 0 Å². The molecule has 0 spiro atoms. The van der Waals surface area contributed by atoms with E-state index in [1.54, 1.807) is 12.1 Å². The molecule has 2 N–H and O–H groups in total. The molecule has 0 aliphatic carbocycles. The van der Waals surface area contributed by atoms with Crippen LogP contribution in [0.3, 0.4) is 0 Å². The number of phenols is 1. The summed E-state index contributed by atoms with van der Waals surface area (Å²) in [6, 6.07) is 6.03. The van der Waals surface area contributed by atoms with Crippen molar-refractivity contribution < 1.29 is 35.1 Å². The Morgan fingerprint density at radius 3 is 2.27 bits per heavy atom. The van der Waals surface area contributed by atoms with E-state index in [4.69, 9.17) is 10.1 Å². The largest absolute Gasteiger partial charge is 1.00 e. The summed E-state index contributed by atoms with van der Waals surface area (Å²) in [5, 5.41) is 17.0. The molecule has 0 aliphatic rings. The predicted octanol–water partition coefficient (Wildman–Crippen LogP) is -2.59. The van der Waals surface area contributed by atoms with Crippen molar-refractivity contribution in [3.63, 3.8) is 0 Å². The summed E-state index contributed by atoms with van der Waals surface area (Å²) in [4.78, 5) is 0. The van der Waals surface area contributed by atoms with Crippen LogP contribution < -0.4 is 23.5 Å². The summed E-state index contributed by atoms with van der Waals surface area (Å²) < 4.78 is 4.58. The molecule has 0 amide bonds. The molecule has 0 heterocycles. The van der Waals surface area contributed by atoms with Gasteiger partial charge < -0.3 is 16.2 Å². The zero-order valence-corrected chi connectivity index (χ0v) is 6.19. The molecular formula is C6H7BLiO3. The van der Waals surface area contributed by atoms with Gasteiger partial charge in [-0.1, -0.05) is 0 Å². The minimum atomic E-state index is 0. The van der Waals surface area contributed by atoms with Crippen LogP contribution in [0.5, 0.6) is 11.5 Å².